The largest absolute Gasteiger partial charge is 0.527 e. The molecule has 116 valence electrons. The van der Waals surface area contributed by atoms with E-state index in [0.29, 0.717) is 5.75 Å². The normalized spacial score (nSPS) is 13.3. The van der Waals surface area contributed by atoms with Crippen LogP contribution in [-0.2, 0) is 9.09 Å². The molecule has 1 atom stereocenters. The molecule has 0 saturated carbocycles. The zero-order valence-corrected chi connectivity index (χ0v) is 13.4. The van der Waals surface area contributed by atoms with Gasteiger partial charge in [0.05, 0.1) is 6.61 Å². The Bertz CT molecular complexity index is 386. The maximum atomic E-state index is 11.6. The Morgan fingerprint density at radius 2 is 1.65 bits per heavy atom. The molecule has 0 saturated heterocycles. The Morgan fingerprint density at radius 3 is 2.30 bits per heavy atom. The maximum absolute atomic E-state index is 11.6. The lowest BCUT2D eigenvalue weighted by Crippen LogP contribution is -1.99. The van der Waals surface area contributed by atoms with E-state index < -0.39 is 7.82 Å². The van der Waals surface area contributed by atoms with Crippen LogP contribution >= 0.6 is 7.82 Å². The Labute approximate surface area is 121 Å². The van der Waals surface area contributed by atoms with Gasteiger partial charge in [0.25, 0.3) is 0 Å². The van der Waals surface area contributed by atoms with Gasteiger partial charge >= 0.3 is 7.82 Å². The van der Waals surface area contributed by atoms with Crippen molar-refractivity contribution in [2.24, 2.45) is 0 Å². The second-order valence-corrected chi connectivity index (χ2v) is 5.85. The molecular formula is C14H27NO4P+. The summed E-state index contributed by atoms with van der Waals surface area (Å²) in [4.78, 5) is 9.52. The highest BCUT2D eigenvalue weighted by atomic mass is 31.2. The van der Waals surface area contributed by atoms with Crippen LogP contribution in [0.5, 0.6) is 5.75 Å². The van der Waals surface area contributed by atoms with Crippen molar-refractivity contribution >= 4 is 7.82 Å². The van der Waals surface area contributed by atoms with Crippen molar-refractivity contribution < 1.29 is 18.5 Å². The number of hydrogen-bond acceptors (Lipinski definition) is 3. The summed E-state index contributed by atoms with van der Waals surface area (Å²) in [5.74, 6) is 0.344. The minimum Gasteiger partial charge on any atom is -0.404 e. The number of quaternary nitrogens is 1. The third kappa shape index (κ3) is 9.10. The van der Waals surface area contributed by atoms with E-state index in [9.17, 15) is 9.46 Å². The zero-order valence-electron chi connectivity index (χ0n) is 12.5. The zero-order chi connectivity index (χ0) is 14.0. The Kier molecular flexibility index (Phi) is 10.4. The molecule has 0 amide bonds. The smallest absolute Gasteiger partial charge is 0.404 e. The lowest BCUT2D eigenvalue weighted by Gasteiger charge is -2.12. The van der Waals surface area contributed by atoms with Crippen molar-refractivity contribution in [3.63, 3.8) is 0 Å². The van der Waals surface area contributed by atoms with Crippen molar-refractivity contribution in [2.75, 3.05) is 6.61 Å². The molecule has 0 fully saturated rings. The average molecular weight is 304 g/mol. The van der Waals surface area contributed by atoms with Crippen LogP contribution in [0.4, 0.5) is 0 Å². The fourth-order valence-electron chi connectivity index (χ4n) is 1.70. The van der Waals surface area contributed by atoms with E-state index >= 15 is 0 Å². The predicted molar refractivity (Wildman–Crippen MR) is 82.2 cm³/mol. The highest BCUT2D eigenvalue weighted by Gasteiger charge is 2.22. The summed E-state index contributed by atoms with van der Waals surface area (Å²) in [5, 5.41) is 0. The highest BCUT2D eigenvalue weighted by molar-refractivity contribution is 7.47. The lowest BCUT2D eigenvalue weighted by molar-refractivity contribution is 0.199. The summed E-state index contributed by atoms with van der Waals surface area (Å²) in [7, 11) is -3.98. The van der Waals surface area contributed by atoms with Gasteiger partial charge in [-0.15, -0.1) is 0 Å². The number of phosphoric ester groups is 1. The van der Waals surface area contributed by atoms with Crippen molar-refractivity contribution in [1.82, 2.24) is 6.15 Å². The third-order valence-electron chi connectivity index (χ3n) is 2.72. The fraction of sp³-hybridized carbons (Fsp3) is 0.571. The molecule has 0 aromatic heterocycles. The second kappa shape index (κ2) is 10.9. The van der Waals surface area contributed by atoms with Crippen LogP contribution in [0.25, 0.3) is 0 Å². The SMILES string of the molecule is CCCCCCCCOP(=O)(O)Oc1ccccc1.[NH4+]. The van der Waals surface area contributed by atoms with E-state index in [0.717, 1.165) is 19.3 Å². The van der Waals surface area contributed by atoms with Gasteiger partial charge in [0, 0.05) is 0 Å². The third-order valence-corrected chi connectivity index (χ3v) is 3.67. The van der Waals surface area contributed by atoms with Gasteiger partial charge < -0.3 is 10.7 Å². The summed E-state index contributed by atoms with van der Waals surface area (Å²) >= 11 is 0. The first kappa shape index (κ1) is 19.1. The van der Waals surface area contributed by atoms with E-state index in [2.05, 4.69) is 6.92 Å². The van der Waals surface area contributed by atoms with E-state index in [4.69, 9.17) is 9.05 Å². The van der Waals surface area contributed by atoms with Gasteiger partial charge in [-0.2, -0.15) is 0 Å². The monoisotopic (exact) mass is 304 g/mol. The molecule has 20 heavy (non-hydrogen) atoms. The maximum Gasteiger partial charge on any atom is 0.527 e. The van der Waals surface area contributed by atoms with E-state index in [-0.39, 0.29) is 12.8 Å². The second-order valence-electron chi connectivity index (χ2n) is 4.47. The molecule has 0 spiro atoms. The molecule has 1 aromatic carbocycles. The number of unbranched alkanes of at least 4 members (excludes halogenated alkanes) is 5. The molecule has 1 rings (SSSR count). The summed E-state index contributed by atoms with van der Waals surface area (Å²) in [6.45, 7) is 2.43. The van der Waals surface area contributed by atoms with Crippen molar-refractivity contribution in [3.05, 3.63) is 30.3 Å². The number of benzene rings is 1. The first-order valence-corrected chi connectivity index (χ1v) is 8.35. The van der Waals surface area contributed by atoms with Crippen LogP contribution in [0.2, 0.25) is 0 Å². The van der Waals surface area contributed by atoms with Crippen molar-refractivity contribution in [2.45, 2.75) is 45.4 Å². The number of rotatable bonds is 10. The quantitative estimate of drug-likeness (QED) is 0.474. The molecule has 0 aliphatic carbocycles. The Hall–Kier alpha value is -0.870. The molecule has 6 heteroatoms. The molecule has 0 aliphatic heterocycles. The van der Waals surface area contributed by atoms with Gasteiger partial charge in [-0.3, -0.25) is 9.42 Å². The molecule has 0 heterocycles. The van der Waals surface area contributed by atoms with Crippen LogP contribution in [0.1, 0.15) is 45.4 Å². The highest BCUT2D eigenvalue weighted by Crippen LogP contribution is 2.43. The van der Waals surface area contributed by atoms with Gasteiger partial charge in [0.15, 0.2) is 0 Å². The number of phosphoric acid groups is 1. The first-order chi connectivity index (χ1) is 9.14. The lowest BCUT2D eigenvalue weighted by atomic mass is 10.1. The Balaban J connectivity index is 0.00000361. The van der Waals surface area contributed by atoms with Crippen LogP contribution in [-0.4, -0.2) is 11.5 Å². The summed E-state index contributed by atoms with van der Waals surface area (Å²) in [5.41, 5.74) is 0. The average Bonchev–Trinajstić information content (AvgIpc) is 2.38. The molecule has 0 radical (unpaired) electrons. The van der Waals surface area contributed by atoms with Gasteiger partial charge in [-0.1, -0.05) is 57.2 Å². The molecule has 0 bridgehead atoms. The van der Waals surface area contributed by atoms with Gasteiger partial charge in [-0.25, -0.2) is 4.57 Å². The van der Waals surface area contributed by atoms with E-state index in [1.54, 1.807) is 24.3 Å². The molecule has 5 N–H and O–H groups in total. The molecule has 1 aromatic rings. The number of para-hydroxylation sites is 1. The molecule has 0 aliphatic rings. The van der Waals surface area contributed by atoms with Gasteiger partial charge in [0.2, 0.25) is 0 Å². The molecule has 5 nitrogen and oxygen atoms in total. The van der Waals surface area contributed by atoms with Crippen LogP contribution in [0.3, 0.4) is 0 Å². The van der Waals surface area contributed by atoms with Crippen LogP contribution in [0.15, 0.2) is 30.3 Å². The number of hydrogen-bond donors (Lipinski definition) is 2. The minimum atomic E-state index is -3.98. The molecular weight excluding hydrogens is 277 g/mol. The summed E-state index contributed by atoms with van der Waals surface area (Å²) in [6, 6.07) is 8.53. The molecule has 1 unspecified atom stereocenters. The Morgan fingerprint density at radius 1 is 1.05 bits per heavy atom. The van der Waals surface area contributed by atoms with Crippen molar-refractivity contribution in [3.8, 4) is 5.75 Å². The summed E-state index contributed by atoms with van der Waals surface area (Å²) in [6.07, 6.45) is 6.63. The minimum absolute atomic E-state index is 0. The standard InChI is InChI=1S/C14H23O4P.H3N/c1-2-3-4-5-6-10-13-17-19(15,16)18-14-11-8-7-9-12-14;/h7-9,11-12H,2-6,10,13H2,1H3,(H,15,16);1H3/p+1. The van der Waals surface area contributed by atoms with Gasteiger partial charge in [-0.05, 0) is 18.6 Å². The van der Waals surface area contributed by atoms with Crippen LogP contribution in [0, 0.1) is 0 Å². The van der Waals surface area contributed by atoms with Crippen molar-refractivity contribution in [1.29, 1.82) is 0 Å². The topological polar surface area (TPSA) is 92.3 Å². The van der Waals surface area contributed by atoms with E-state index in [1.165, 1.54) is 19.3 Å². The van der Waals surface area contributed by atoms with E-state index in [1.807, 2.05) is 6.07 Å². The fourth-order valence-corrected chi connectivity index (χ4v) is 2.50. The predicted octanol–water partition coefficient (Wildman–Crippen LogP) is 4.92. The summed E-state index contributed by atoms with van der Waals surface area (Å²) < 4.78 is 21.5. The first-order valence-electron chi connectivity index (χ1n) is 6.86. The van der Waals surface area contributed by atoms with Gasteiger partial charge in [0.1, 0.15) is 5.75 Å². The van der Waals surface area contributed by atoms with Crippen LogP contribution < -0.4 is 10.7 Å².